The van der Waals surface area contributed by atoms with Gasteiger partial charge in [0.15, 0.2) is 0 Å². The lowest BCUT2D eigenvalue weighted by Gasteiger charge is -2.35. The zero-order chi connectivity index (χ0) is 13.5. The SMILES string of the molecule is CCC1(c2nc3cc(C)c(C)cc3[nH]2)CCNCC1. The number of imidazole rings is 1. The lowest BCUT2D eigenvalue weighted by molar-refractivity contribution is 0.285. The number of nitrogens with one attached hydrogen (secondary N) is 2. The minimum Gasteiger partial charge on any atom is -0.341 e. The molecule has 0 bridgehead atoms. The van der Waals surface area contributed by atoms with E-state index < -0.39 is 0 Å². The maximum atomic E-state index is 4.90. The molecular formula is C16H23N3. The van der Waals surface area contributed by atoms with E-state index in [0.29, 0.717) is 0 Å². The minimum atomic E-state index is 0.242. The fraction of sp³-hybridized carbons (Fsp3) is 0.562. The first-order valence-electron chi connectivity index (χ1n) is 7.33. The number of H-pyrrole nitrogens is 1. The Morgan fingerprint density at radius 2 is 1.84 bits per heavy atom. The Bertz CT molecular complexity index is 552. The van der Waals surface area contributed by atoms with Crippen molar-refractivity contribution in [2.45, 2.75) is 45.4 Å². The standard InChI is InChI=1S/C16H23N3/c1-4-16(5-7-17-8-6-16)15-18-13-9-11(2)12(3)10-14(13)19-15/h9-10,17H,4-8H2,1-3H3,(H,18,19). The van der Waals surface area contributed by atoms with Gasteiger partial charge in [0.1, 0.15) is 5.82 Å². The van der Waals surface area contributed by atoms with Gasteiger partial charge in [0.2, 0.25) is 0 Å². The fourth-order valence-corrected chi connectivity index (χ4v) is 3.18. The topological polar surface area (TPSA) is 40.7 Å². The van der Waals surface area contributed by atoms with Crippen LogP contribution in [0.3, 0.4) is 0 Å². The monoisotopic (exact) mass is 257 g/mol. The smallest absolute Gasteiger partial charge is 0.113 e. The normalized spacial score (nSPS) is 18.9. The number of aryl methyl sites for hydroxylation is 2. The Morgan fingerprint density at radius 1 is 1.16 bits per heavy atom. The van der Waals surface area contributed by atoms with Gasteiger partial charge in [0.25, 0.3) is 0 Å². The van der Waals surface area contributed by atoms with Crippen LogP contribution in [0.1, 0.15) is 43.1 Å². The molecule has 0 spiro atoms. The van der Waals surface area contributed by atoms with Gasteiger partial charge in [-0.1, -0.05) is 6.92 Å². The molecule has 19 heavy (non-hydrogen) atoms. The van der Waals surface area contributed by atoms with Crippen molar-refractivity contribution in [1.29, 1.82) is 0 Å². The van der Waals surface area contributed by atoms with Gasteiger partial charge in [-0.3, -0.25) is 0 Å². The number of piperidine rings is 1. The zero-order valence-corrected chi connectivity index (χ0v) is 12.1. The first-order valence-corrected chi connectivity index (χ1v) is 7.33. The summed E-state index contributed by atoms with van der Waals surface area (Å²) in [5, 5.41) is 3.45. The minimum absolute atomic E-state index is 0.242. The highest BCUT2D eigenvalue weighted by Gasteiger charge is 2.34. The summed E-state index contributed by atoms with van der Waals surface area (Å²) in [6, 6.07) is 4.43. The molecule has 0 saturated carbocycles. The van der Waals surface area contributed by atoms with Crippen molar-refractivity contribution in [2.24, 2.45) is 0 Å². The van der Waals surface area contributed by atoms with Crippen LogP contribution in [0, 0.1) is 13.8 Å². The van der Waals surface area contributed by atoms with Gasteiger partial charge >= 0.3 is 0 Å². The quantitative estimate of drug-likeness (QED) is 0.867. The van der Waals surface area contributed by atoms with Crippen LogP contribution in [0.2, 0.25) is 0 Å². The number of nitrogens with zero attached hydrogens (tertiary/aromatic N) is 1. The van der Waals surface area contributed by atoms with E-state index in [1.54, 1.807) is 0 Å². The molecule has 1 aromatic heterocycles. The van der Waals surface area contributed by atoms with Gasteiger partial charge < -0.3 is 10.3 Å². The molecule has 2 heterocycles. The molecule has 0 amide bonds. The second-order valence-corrected chi connectivity index (χ2v) is 5.92. The van der Waals surface area contributed by atoms with Crippen LogP contribution in [0.5, 0.6) is 0 Å². The van der Waals surface area contributed by atoms with Crippen LogP contribution in [-0.4, -0.2) is 23.1 Å². The number of fused-ring (bicyclic) bond motifs is 1. The van der Waals surface area contributed by atoms with Gasteiger partial charge in [-0.25, -0.2) is 4.98 Å². The summed E-state index contributed by atoms with van der Waals surface area (Å²) in [5.74, 6) is 1.19. The van der Waals surface area contributed by atoms with Crippen molar-refractivity contribution >= 4 is 11.0 Å². The largest absolute Gasteiger partial charge is 0.341 e. The number of benzene rings is 1. The Labute approximate surface area is 114 Å². The average Bonchev–Trinajstić information content (AvgIpc) is 2.83. The van der Waals surface area contributed by atoms with E-state index in [9.17, 15) is 0 Å². The molecule has 3 nitrogen and oxygen atoms in total. The van der Waals surface area contributed by atoms with E-state index in [2.05, 4.69) is 43.2 Å². The predicted molar refractivity (Wildman–Crippen MR) is 79.6 cm³/mol. The highest BCUT2D eigenvalue weighted by atomic mass is 15.0. The van der Waals surface area contributed by atoms with Crippen molar-refractivity contribution in [3.63, 3.8) is 0 Å². The number of aromatic nitrogens is 2. The van der Waals surface area contributed by atoms with Crippen molar-refractivity contribution in [3.05, 3.63) is 29.1 Å². The van der Waals surface area contributed by atoms with Crippen molar-refractivity contribution < 1.29 is 0 Å². The predicted octanol–water partition coefficient (Wildman–Crippen LogP) is 3.21. The van der Waals surface area contributed by atoms with Crippen LogP contribution in [0.4, 0.5) is 0 Å². The molecule has 0 unspecified atom stereocenters. The van der Waals surface area contributed by atoms with Crippen molar-refractivity contribution in [1.82, 2.24) is 15.3 Å². The van der Waals surface area contributed by atoms with E-state index in [-0.39, 0.29) is 5.41 Å². The van der Waals surface area contributed by atoms with Crippen molar-refractivity contribution in [3.8, 4) is 0 Å². The molecule has 1 aliphatic heterocycles. The maximum absolute atomic E-state index is 4.90. The third-order valence-corrected chi connectivity index (χ3v) is 4.84. The third kappa shape index (κ3) is 2.06. The zero-order valence-electron chi connectivity index (χ0n) is 12.1. The molecule has 2 N–H and O–H groups in total. The molecule has 3 rings (SSSR count). The van der Waals surface area contributed by atoms with E-state index in [1.165, 1.54) is 35.3 Å². The Balaban J connectivity index is 2.09. The number of rotatable bonds is 2. The maximum Gasteiger partial charge on any atom is 0.113 e. The highest BCUT2D eigenvalue weighted by Crippen LogP contribution is 2.36. The third-order valence-electron chi connectivity index (χ3n) is 4.84. The summed E-state index contributed by atoms with van der Waals surface area (Å²) >= 11 is 0. The van der Waals surface area contributed by atoms with E-state index in [1.807, 2.05) is 0 Å². The number of hydrogen-bond donors (Lipinski definition) is 2. The molecule has 2 aromatic rings. The Hall–Kier alpha value is -1.35. The summed E-state index contributed by atoms with van der Waals surface area (Å²) in [5.41, 5.74) is 5.19. The second kappa shape index (κ2) is 4.64. The molecule has 3 heteroatoms. The van der Waals surface area contributed by atoms with E-state index >= 15 is 0 Å². The fourth-order valence-electron chi connectivity index (χ4n) is 3.18. The Kier molecular flexibility index (Phi) is 3.09. The van der Waals surface area contributed by atoms with Gasteiger partial charge in [-0.15, -0.1) is 0 Å². The highest BCUT2D eigenvalue weighted by molar-refractivity contribution is 5.77. The van der Waals surface area contributed by atoms with E-state index in [0.717, 1.165) is 25.0 Å². The molecule has 0 atom stereocenters. The molecular weight excluding hydrogens is 234 g/mol. The summed E-state index contributed by atoms with van der Waals surface area (Å²) in [7, 11) is 0. The lowest BCUT2D eigenvalue weighted by Crippen LogP contribution is -2.40. The molecule has 1 fully saturated rings. The molecule has 1 aromatic carbocycles. The molecule has 1 aliphatic rings. The lowest BCUT2D eigenvalue weighted by atomic mass is 9.76. The summed E-state index contributed by atoms with van der Waals surface area (Å²) in [6.45, 7) is 8.81. The summed E-state index contributed by atoms with van der Waals surface area (Å²) in [6.07, 6.45) is 3.52. The number of aromatic amines is 1. The summed E-state index contributed by atoms with van der Waals surface area (Å²) < 4.78 is 0. The van der Waals surface area contributed by atoms with Gasteiger partial charge in [-0.2, -0.15) is 0 Å². The van der Waals surface area contributed by atoms with Crippen LogP contribution in [0.15, 0.2) is 12.1 Å². The van der Waals surface area contributed by atoms with Crippen LogP contribution in [0.25, 0.3) is 11.0 Å². The first kappa shape index (κ1) is 12.7. The van der Waals surface area contributed by atoms with Gasteiger partial charge in [-0.05, 0) is 69.5 Å². The van der Waals surface area contributed by atoms with Crippen LogP contribution in [-0.2, 0) is 5.41 Å². The second-order valence-electron chi connectivity index (χ2n) is 5.92. The number of hydrogen-bond acceptors (Lipinski definition) is 2. The molecule has 102 valence electrons. The van der Waals surface area contributed by atoms with Gasteiger partial charge in [0, 0.05) is 5.41 Å². The molecule has 1 saturated heterocycles. The first-order chi connectivity index (χ1) is 9.14. The van der Waals surface area contributed by atoms with Crippen molar-refractivity contribution in [2.75, 3.05) is 13.1 Å². The average molecular weight is 257 g/mol. The van der Waals surface area contributed by atoms with Crippen LogP contribution >= 0.6 is 0 Å². The Morgan fingerprint density at radius 3 is 2.53 bits per heavy atom. The molecule has 0 aliphatic carbocycles. The van der Waals surface area contributed by atoms with Gasteiger partial charge in [0.05, 0.1) is 11.0 Å². The van der Waals surface area contributed by atoms with Crippen LogP contribution < -0.4 is 5.32 Å². The summed E-state index contributed by atoms with van der Waals surface area (Å²) in [4.78, 5) is 8.48. The van der Waals surface area contributed by atoms with E-state index in [4.69, 9.17) is 4.98 Å². The molecule has 0 radical (unpaired) electrons.